The topological polar surface area (TPSA) is 69.6 Å². The first-order valence-corrected chi connectivity index (χ1v) is 15.0. The summed E-state index contributed by atoms with van der Waals surface area (Å²) >= 11 is 0. The maximum absolute atomic E-state index is 12.2. The smallest absolute Gasteiger partial charge is 0.220 e. The zero-order valence-corrected chi connectivity index (χ0v) is 24.6. The number of unbranched alkanes of at least 4 members (excludes halogenated alkanes) is 3. The Hall–Kier alpha value is -2.69. The molecule has 39 heavy (non-hydrogen) atoms. The van der Waals surface area contributed by atoms with Crippen LogP contribution in [-0.2, 0) is 4.79 Å². The second-order valence-corrected chi connectivity index (χ2v) is 9.42. The van der Waals surface area contributed by atoms with Gasteiger partial charge in [-0.15, -0.1) is 0 Å². The van der Waals surface area contributed by atoms with Crippen molar-refractivity contribution in [2.45, 2.75) is 109 Å². The molecule has 0 aromatic heterocycles. The van der Waals surface area contributed by atoms with Crippen LogP contribution in [0.3, 0.4) is 0 Å². The number of carbonyl (C=O) groups excluding carboxylic acids is 1. The van der Waals surface area contributed by atoms with Crippen LogP contribution in [0.5, 0.6) is 0 Å². The molecule has 0 aliphatic carbocycles. The summed E-state index contributed by atoms with van der Waals surface area (Å²) in [7, 11) is 0. The number of aliphatic hydroxyl groups excluding tert-OH is 2. The number of aliphatic hydroxyl groups is 2. The Morgan fingerprint density at radius 1 is 0.641 bits per heavy atom. The number of hydrogen-bond donors (Lipinski definition) is 3. The molecule has 0 heterocycles. The van der Waals surface area contributed by atoms with Gasteiger partial charge in [0.2, 0.25) is 5.91 Å². The molecule has 0 spiro atoms. The Balaban J connectivity index is 3.92. The van der Waals surface area contributed by atoms with E-state index in [-0.39, 0.29) is 12.5 Å². The number of carbonyl (C=O) groups is 1. The van der Waals surface area contributed by atoms with Crippen molar-refractivity contribution >= 4 is 5.91 Å². The van der Waals surface area contributed by atoms with Crippen molar-refractivity contribution in [2.24, 2.45) is 0 Å². The summed E-state index contributed by atoms with van der Waals surface area (Å²) in [5.74, 6) is -0.167. The van der Waals surface area contributed by atoms with Crippen molar-refractivity contribution in [3.63, 3.8) is 0 Å². The minimum Gasteiger partial charge on any atom is -0.394 e. The van der Waals surface area contributed by atoms with Gasteiger partial charge in [0.25, 0.3) is 0 Å². The van der Waals surface area contributed by atoms with E-state index in [1.165, 1.54) is 12.8 Å². The highest BCUT2D eigenvalue weighted by Crippen LogP contribution is 2.03. The minimum atomic E-state index is -0.895. The van der Waals surface area contributed by atoms with Gasteiger partial charge in [-0.25, -0.2) is 0 Å². The lowest BCUT2D eigenvalue weighted by Gasteiger charge is -2.19. The summed E-state index contributed by atoms with van der Waals surface area (Å²) in [6.07, 6.45) is 45.0. The third kappa shape index (κ3) is 26.7. The summed E-state index contributed by atoms with van der Waals surface area (Å²) in [6.45, 7) is 4.03. The summed E-state index contributed by atoms with van der Waals surface area (Å²) in [4.78, 5) is 12.2. The van der Waals surface area contributed by atoms with Crippen molar-refractivity contribution < 1.29 is 15.0 Å². The fourth-order valence-corrected chi connectivity index (χ4v) is 3.49. The molecule has 0 aliphatic heterocycles. The Morgan fingerprint density at radius 2 is 1.10 bits per heavy atom. The molecule has 0 aromatic carbocycles. The minimum absolute atomic E-state index is 0.167. The number of allylic oxidation sites excluding steroid dienone is 15. The lowest BCUT2D eigenvalue weighted by Crippen LogP contribution is -2.45. The molecule has 0 aliphatic rings. The van der Waals surface area contributed by atoms with Crippen molar-refractivity contribution in [2.75, 3.05) is 6.61 Å². The number of hydrogen-bond acceptors (Lipinski definition) is 3. The van der Waals surface area contributed by atoms with Gasteiger partial charge in [-0.3, -0.25) is 4.79 Å². The molecule has 0 fully saturated rings. The van der Waals surface area contributed by atoms with Crippen LogP contribution in [0.25, 0.3) is 0 Å². The Labute approximate surface area is 239 Å². The lowest BCUT2D eigenvalue weighted by atomic mass is 10.1. The van der Waals surface area contributed by atoms with E-state index < -0.39 is 12.1 Å². The average molecular weight is 538 g/mol. The van der Waals surface area contributed by atoms with Gasteiger partial charge in [-0.05, 0) is 64.2 Å². The van der Waals surface area contributed by atoms with Crippen LogP contribution in [0.15, 0.2) is 97.2 Å². The number of amides is 1. The number of rotatable bonds is 24. The normalized spacial score (nSPS) is 14.7. The van der Waals surface area contributed by atoms with Crippen LogP contribution in [0, 0.1) is 0 Å². The lowest BCUT2D eigenvalue weighted by molar-refractivity contribution is -0.122. The first-order valence-electron chi connectivity index (χ1n) is 15.0. The fourth-order valence-electron chi connectivity index (χ4n) is 3.49. The zero-order chi connectivity index (χ0) is 28.7. The van der Waals surface area contributed by atoms with E-state index in [9.17, 15) is 15.0 Å². The van der Waals surface area contributed by atoms with Crippen LogP contribution in [0.4, 0.5) is 0 Å². The zero-order valence-electron chi connectivity index (χ0n) is 24.6. The summed E-state index contributed by atoms with van der Waals surface area (Å²) in [6, 6.07) is -0.681. The van der Waals surface area contributed by atoms with E-state index in [2.05, 4.69) is 98.2 Å². The molecule has 0 saturated heterocycles. The second kappa shape index (κ2) is 29.9. The highest BCUT2D eigenvalue weighted by molar-refractivity contribution is 5.76. The maximum atomic E-state index is 12.2. The molecule has 0 radical (unpaired) electrons. The molecule has 0 aromatic rings. The monoisotopic (exact) mass is 537 g/mol. The van der Waals surface area contributed by atoms with Crippen LogP contribution in [-0.4, -0.2) is 34.9 Å². The van der Waals surface area contributed by atoms with Crippen molar-refractivity contribution in [3.8, 4) is 0 Å². The van der Waals surface area contributed by atoms with Gasteiger partial charge in [0.15, 0.2) is 0 Å². The van der Waals surface area contributed by atoms with Crippen molar-refractivity contribution in [1.29, 1.82) is 0 Å². The summed E-state index contributed by atoms with van der Waals surface area (Å²) in [5, 5.41) is 22.5. The van der Waals surface area contributed by atoms with Crippen LogP contribution in [0.1, 0.15) is 97.3 Å². The highest BCUT2D eigenvalue weighted by Gasteiger charge is 2.17. The Bertz CT molecular complexity index is 799. The summed E-state index contributed by atoms with van der Waals surface area (Å²) in [5.41, 5.74) is 0. The molecular weight excluding hydrogens is 482 g/mol. The van der Waals surface area contributed by atoms with E-state index in [1.54, 1.807) is 6.08 Å². The molecule has 0 rings (SSSR count). The van der Waals surface area contributed by atoms with E-state index >= 15 is 0 Å². The van der Waals surface area contributed by atoms with Gasteiger partial charge in [0, 0.05) is 6.42 Å². The second-order valence-electron chi connectivity index (χ2n) is 9.42. The first-order chi connectivity index (χ1) is 19.2. The van der Waals surface area contributed by atoms with Gasteiger partial charge in [-0.2, -0.15) is 0 Å². The molecule has 4 heteroatoms. The third-order valence-corrected chi connectivity index (χ3v) is 5.81. The van der Waals surface area contributed by atoms with Gasteiger partial charge < -0.3 is 15.5 Å². The van der Waals surface area contributed by atoms with Crippen molar-refractivity contribution in [3.05, 3.63) is 97.2 Å². The molecule has 218 valence electrons. The van der Waals surface area contributed by atoms with Crippen LogP contribution >= 0.6 is 0 Å². The Morgan fingerprint density at radius 3 is 1.62 bits per heavy atom. The van der Waals surface area contributed by atoms with E-state index in [4.69, 9.17) is 0 Å². The molecule has 0 saturated carbocycles. The van der Waals surface area contributed by atoms with Gasteiger partial charge in [0.1, 0.15) is 0 Å². The van der Waals surface area contributed by atoms with Crippen LogP contribution in [0.2, 0.25) is 0 Å². The van der Waals surface area contributed by atoms with Gasteiger partial charge in [-0.1, -0.05) is 124 Å². The molecule has 3 N–H and O–H groups in total. The van der Waals surface area contributed by atoms with Gasteiger partial charge in [0.05, 0.1) is 18.8 Å². The van der Waals surface area contributed by atoms with Crippen molar-refractivity contribution in [1.82, 2.24) is 5.32 Å². The highest BCUT2D eigenvalue weighted by atomic mass is 16.3. The molecule has 2 atom stereocenters. The van der Waals surface area contributed by atoms with Crippen LogP contribution < -0.4 is 5.32 Å². The molecule has 0 bridgehead atoms. The average Bonchev–Trinajstić information content (AvgIpc) is 2.94. The van der Waals surface area contributed by atoms with E-state index in [1.807, 2.05) is 12.2 Å². The SMILES string of the molecule is CC/C=C\C/C=C\C/C=C\C/C=C\C/C=C\C/C=C\CCC(=O)NC(CO)C(O)/C=C/CC/C=C/CCCC. The van der Waals surface area contributed by atoms with E-state index in [0.717, 1.165) is 57.8 Å². The predicted molar refractivity (Wildman–Crippen MR) is 170 cm³/mol. The third-order valence-electron chi connectivity index (χ3n) is 5.81. The number of nitrogens with one attached hydrogen (secondary N) is 1. The molecule has 1 amide bonds. The standard InChI is InChI=1S/C35H55NO3/c1-3-5-7-9-11-13-14-15-16-17-18-19-20-21-22-23-25-27-29-31-35(39)36-33(32-37)34(38)30-28-26-24-12-10-8-6-4-2/h5,7,10-13,15-16,18-19,21-22,25,27-28,30,33-34,37-38H,3-4,6,8-9,14,17,20,23-24,26,29,31-32H2,1-2H3,(H,36,39)/b7-5-,12-10+,13-11-,16-15-,19-18-,22-21-,27-25-,30-28+. The largest absolute Gasteiger partial charge is 0.394 e. The predicted octanol–water partition coefficient (Wildman–Crippen LogP) is 8.39. The van der Waals surface area contributed by atoms with E-state index in [0.29, 0.717) is 12.8 Å². The molecular formula is C35H55NO3. The first kappa shape index (κ1) is 36.3. The Kier molecular flexibility index (Phi) is 27.8. The van der Waals surface area contributed by atoms with Gasteiger partial charge >= 0.3 is 0 Å². The quantitative estimate of drug-likeness (QED) is 0.0855. The maximum Gasteiger partial charge on any atom is 0.220 e. The summed E-state index contributed by atoms with van der Waals surface area (Å²) < 4.78 is 0. The fraction of sp³-hybridized carbons (Fsp3) is 0.514. The molecule has 4 nitrogen and oxygen atoms in total. The molecule has 2 unspecified atom stereocenters.